The van der Waals surface area contributed by atoms with Crippen molar-refractivity contribution in [3.8, 4) is 33.4 Å². The summed E-state index contributed by atoms with van der Waals surface area (Å²) in [6, 6.07) is 11.2. The number of rotatable bonds is 3. The average Bonchev–Trinajstić information content (AvgIpc) is 3.63. The lowest BCUT2D eigenvalue weighted by Gasteiger charge is -2.18. The summed E-state index contributed by atoms with van der Waals surface area (Å²) in [6.45, 7) is 0. The standard InChI is InChI=1S/C42H26O/c1-2-13-30-27(11-1)12-9-19-31(30)28-23-25-29(26-24-28)40-32-14-3-5-16-34(32)41(35-17-6-4-15-33(35)40)37-20-10-22-39-42(37)36-18-7-8-21-38(36)43-39/h1-26H/i3D,4D,5D,6D,7D,8D,10D,14D,15D,16D,17D,18D,20D,21D,22D. The predicted molar refractivity (Wildman–Crippen MR) is 183 cm³/mol. The highest BCUT2D eigenvalue weighted by atomic mass is 16.3. The first-order valence-electron chi connectivity index (χ1n) is 21.1. The molecule has 9 rings (SSSR count). The second-order valence-corrected chi connectivity index (χ2v) is 10.1. The van der Waals surface area contributed by atoms with Crippen LogP contribution in [0.15, 0.2) is 162 Å². The van der Waals surface area contributed by atoms with Crippen molar-refractivity contribution in [3.63, 3.8) is 0 Å². The van der Waals surface area contributed by atoms with Crippen LogP contribution in [0.5, 0.6) is 0 Å². The summed E-state index contributed by atoms with van der Waals surface area (Å²) >= 11 is 0. The molecule has 0 amide bonds. The first kappa shape index (κ1) is 13.5. The van der Waals surface area contributed by atoms with Crippen molar-refractivity contribution in [2.75, 3.05) is 0 Å². The van der Waals surface area contributed by atoms with Gasteiger partial charge in [0, 0.05) is 10.8 Å². The molecule has 0 saturated heterocycles. The Hall–Kier alpha value is -5.66. The third kappa shape index (κ3) is 3.65. The van der Waals surface area contributed by atoms with Crippen molar-refractivity contribution in [3.05, 3.63) is 157 Å². The third-order valence-corrected chi connectivity index (χ3v) is 7.85. The molecule has 0 aliphatic carbocycles. The van der Waals surface area contributed by atoms with E-state index >= 15 is 0 Å². The zero-order chi connectivity index (χ0) is 41.4. The van der Waals surface area contributed by atoms with E-state index < -0.39 is 96.2 Å². The predicted octanol–water partition coefficient (Wildman–Crippen LogP) is 12.0. The van der Waals surface area contributed by atoms with Gasteiger partial charge >= 0.3 is 0 Å². The maximum absolute atomic E-state index is 9.36. The molecule has 0 atom stereocenters. The van der Waals surface area contributed by atoms with Crippen molar-refractivity contribution in [1.29, 1.82) is 0 Å². The molecule has 0 aliphatic heterocycles. The second kappa shape index (κ2) is 9.44. The van der Waals surface area contributed by atoms with Crippen molar-refractivity contribution < 1.29 is 25.0 Å². The summed E-state index contributed by atoms with van der Waals surface area (Å²) in [7, 11) is 0. The molecule has 200 valence electrons. The molecule has 0 aliphatic rings. The topological polar surface area (TPSA) is 13.1 Å². The Balaban J connectivity index is 1.53. The lowest BCUT2D eigenvalue weighted by atomic mass is 9.84. The van der Waals surface area contributed by atoms with E-state index in [1.165, 1.54) is 0 Å². The van der Waals surface area contributed by atoms with E-state index in [1.807, 2.05) is 54.6 Å². The number of furan rings is 1. The highest BCUT2D eigenvalue weighted by Gasteiger charge is 2.20. The molecule has 1 heterocycles. The molecule has 0 saturated carbocycles. The van der Waals surface area contributed by atoms with Crippen LogP contribution >= 0.6 is 0 Å². The Labute approximate surface area is 270 Å². The van der Waals surface area contributed by atoms with E-state index in [4.69, 9.17) is 18.1 Å². The molecule has 0 spiro atoms. The van der Waals surface area contributed by atoms with E-state index in [0.717, 1.165) is 21.9 Å². The Morgan fingerprint density at radius 2 is 0.977 bits per heavy atom. The van der Waals surface area contributed by atoms with Gasteiger partial charge in [-0.1, -0.05) is 145 Å². The van der Waals surface area contributed by atoms with Gasteiger partial charge in [0.1, 0.15) is 11.2 Å². The van der Waals surface area contributed by atoms with Crippen LogP contribution in [-0.4, -0.2) is 0 Å². The lowest BCUT2D eigenvalue weighted by Crippen LogP contribution is -1.91. The van der Waals surface area contributed by atoms with Crippen LogP contribution in [0.4, 0.5) is 0 Å². The second-order valence-electron chi connectivity index (χ2n) is 10.1. The third-order valence-electron chi connectivity index (χ3n) is 7.85. The minimum Gasteiger partial charge on any atom is -0.456 e. The van der Waals surface area contributed by atoms with Crippen molar-refractivity contribution in [1.82, 2.24) is 0 Å². The highest BCUT2D eigenvalue weighted by molar-refractivity contribution is 6.25. The minimum absolute atomic E-state index is 0.0576. The summed E-state index contributed by atoms with van der Waals surface area (Å²) in [6.07, 6.45) is 0. The zero-order valence-electron chi connectivity index (χ0n) is 37.3. The van der Waals surface area contributed by atoms with Crippen LogP contribution < -0.4 is 0 Å². The van der Waals surface area contributed by atoms with Crippen molar-refractivity contribution in [2.45, 2.75) is 0 Å². The van der Waals surface area contributed by atoms with E-state index in [1.54, 1.807) is 12.1 Å². The maximum Gasteiger partial charge on any atom is 0.136 e. The van der Waals surface area contributed by atoms with Crippen LogP contribution in [0.25, 0.3) is 87.6 Å². The molecule has 1 nitrogen and oxygen atoms in total. The number of fused-ring (bicyclic) bond motifs is 6. The van der Waals surface area contributed by atoms with Crippen LogP contribution in [0.3, 0.4) is 0 Å². The van der Waals surface area contributed by atoms with Gasteiger partial charge in [-0.2, -0.15) is 0 Å². The zero-order valence-corrected chi connectivity index (χ0v) is 22.3. The molecule has 0 fully saturated rings. The number of benzene rings is 8. The number of para-hydroxylation sites is 1. The molecule has 0 bridgehead atoms. The fourth-order valence-corrected chi connectivity index (χ4v) is 6.00. The van der Waals surface area contributed by atoms with Crippen LogP contribution in [0, 0.1) is 0 Å². The molecule has 0 unspecified atom stereocenters. The monoisotopic (exact) mass is 561 g/mol. The van der Waals surface area contributed by atoms with Gasteiger partial charge in [-0.15, -0.1) is 0 Å². The largest absolute Gasteiger partial charge is 0.456 e. The van der Waals surface area contributed by atoms with Gasteiger partial charge in [0.2, 0.25) is 0 Å². The summed E-state index contributed by atoms with van der Waals surface area (Å²) in [5.74, 6) is 0. The first-order valence-corrected chi connectivity index (χ1v) is 13.6. The Bertz CT molecular complexity index is 3250. The molecule has 0 radical (unpaired) electrons. The molecule has 0 N–H and O–H groups in total. The van der Waals surface area contributed by atoms with Gasteiger partial charge in [-0.25, -0.2) is 0 Å². The minimum atomic E-state index is -0.715. The van der Waals surface area contributed by atoms with Crippen molar-refractivity contribution in [2.24, 2.45) is 0 Å². The van der Waals surface area contributed by atoms with Crippen LogP contribution in [0.1, 0.15) is 20.6 Å². The van der Waals surface area contributed by atoms with Gasteiger partial charge in [-0.3, -0.25) is 0 Å². The van der Waals surface area contributed by atoms with Crippen LogP contribution in [0.2, 0.25) is 0 Å². The molecular weight excluding hydrogens is 520 g/mol. The van der Waals surface area contributed by atoms with Gasteiger partial charge < -0.3 is 4.42 Å². The smallest absolute Gasteiger partial charge is 0.136 e. The summed E-state index contributed by atoms with van der Waals surface area (Å²) < 4.78 is 140. The SMILES string of the molecule is [2H]c1c([2H])c([2H])c2c(oc3c([2H])c([2H])c([2H])c(-c4c5c([2H])c([2H])c([2H])c([2H])c5c(-c5ccc(-c6cccc7ccccc67)cc5)c5c([2H])c([2H])c([2H])c([2H])c45)c32)c1[2H]. The maximum atomic E-state index is 9.36. The van der Waals surface area contributed by atoms with E-state index in [-0.39, 0.29) is 54.6 Å². The van der Waals surface area contributed by atoms with Gasteiger partial charge in [0.25, 0.3) is 0 Å². The van der Waals surface area contributed by atoms with Gasteiger partial charge in [0.15, 0.2) is 0 Å². The van der Waals surface area contributed by atoms with E-state index in [9.17, 15) is 6.85 Å². The average molecular weight is 562 g/mol. The molecule has 1 aromatic heterocycles. The highest BCUT2D eigenvalue weighted by Crippen LogP contribution is 2.47. The van der Waals surface area contributed by atoms with Gasteiger partial charge in [-0.05, 0) is 77.8 Å². The number of hydrogen-bond acceptors (Lipinski definition) is 1. The first-order chi connectivity index (χ1) is 27.6. The molecule has 9 aromatic rings. The lowest BCUT2D eigenvalue weighted by molar-refractivity contribution is 0.669. The van der Waals surface area contributed by atoms with Gasteiger partial charge in [0.05, 0.1) is 20.6 Å². The van der Waals surface area contributed by atoms with E-state index in [2.05, 4.69) is 0 Å². The number of hydrogen-bond donors (Lipinski definition) is 0. The quantitative estimate of drug-likeness (QED) is 0.196. The summed E-state index contributed by atoms with van der Waals surface area (Å²) in [5.41, 5.74) is 0.673. The molecule has 43 heavy (non-hydrogen) atoms. The van der Waals surface area contributed by atoms with E-state index in [0.29, 0.717) is 5.56 Å². The summed E-state index contributed by atoms with van der Waals surface area (Å²) in [4.78, 5) is 0. The fourth-order valence-electron chi connectivity index (χ4n) is 6.00. The normalized spacial score (nSPS) is 16.6. The Morgan fingerprint density at radius 1 is 0.395 bits per heavy atom. The Morgan fingerprint density at radius 3 is 1.72 bits per heavy atom. The van der Waals surface area contributed by atoms with Crippen LogP contribution in [-0.2, 0) is 0 Å². The van der Waals surface area contributed by atoms with Crippen molar-refractivity contribution >= 4 is 54.3 Å². The Kier molecular flexibility index (Phi) is 2.97. The molecule has 1 heteroatoms. The molecular formula is C42H26O. The molecule has 8 aromatic carbocycles. The fraction of sp³-hybridized carbons (Fsp3) is 0. The summed E-state index contributed by atoms with van der Waals surface area (Å²) in [5, 5.41) is 0.652.